The van der Waals surface area contributed by atoms with Gasteiger partial charge >= 0.3 is 0 Å². The predicted molar refractivity (Wildman–Crippen MR) is 70.5 cm³/mol. The van der Waals surface area contributed by atoms with Crippen LogP contribution >= 0.6 is 23.7 Å². The Bertz CT molecular complexity index is 475. The highest BCUT2D eigenvalue weighted by Gasteiger charge is 2.15. The SMILES string of the molecule is COc1ccc(F)cc1[C@H](N)c1ccsc1.Cl. The van der Waals surface area contributed by atoms with Crippen LogP contribution in [-0.4, -0.2) is 7.11 Å². The monoisotopic (exact) mass is 273 g/mol. The summed E-state index contributed by atoms with van der Waals surface area (Å²) in [6, 6.07) is 5.96. The van der Waals surface area contributed by atoms with Crippen molar-refractivity contribution in [3.8, 4) is 5.75 Å². The average Bonchev–Trinajstić information content (AvgIpc) is 2.81. The largest absolute Gasteiger partial charge is 0.496 e. The van der Waals surface area contributed by atoms with Crippen LogP contribution in [0.2, 0.25) is 0 Å². The summed E-state index contributed by atoms with van der Waals surface area (Å²) >= 11 is 1.57. The molecule has 0 saturated carbocycles. The smallest absolute Gasteiger partial charge is 0.124 e. The molecule has 0 fully saturated rings. The van der Waals surface area contributed by atoms with Gasteiger partial charge in [-0.2, -0.15) is 11.3 Å². The van der Waals surface area contributed by atoms with Gasteiger partial charge in [-0.05, 0) is 40.6 Å². The van der Waals surface area contributed by atoms with Crippen LogP contribution in [0.4, 0.5) is 4.39 Å². The van der Waals surface area contributed by atoms with Crippen LogP contribution < -0.4 is 10.5 Å². The Morgan fingerprint density at radius 2 is 2.12 bits per heavy atom. The van der Waals surface area contributed by atoms with Crippen molar-refractivity contribution in [2.45, 2.75) is 6.04 Å². The topological polar surface area (TPSA) is 35.2 Å². The Hall–Kier alpha value is -1.10. The summed E-state index contributed by atoms with van der Waals surface area (Å²) < 4.78 is 18.4. The second-order valence-corrected chi connectivity index (χ2v) is 4.20. The minimum absolute atomic E-state index is 0. The molecule has 1 aromatic heterocycles. The van der Waals surface area contributed by atoms with Crippen LogP contribution in [0.25, 0.3) is 0 Å². The van der Waals surface area contributed by atoms with Gasteiger partial charge in [-0.3, -0.25) is 0 Å². The number of nitrogens with two attached hydrogens (primary N) is 1. The maximum Gasteiger partial charge on any atom is 0.124 e. The second kappa shape index (κ2) is 6.00. The molecule has 0 aliphatic heterocycles. The molecule has 92 valence electrons. The van der Waals surface area contributed by atoms with E-state index in [1.54, 1.807) is 24.5 Å². The van der Waals surface area contributed by atoms with Crippen LogP contribution in [0, 0.1) is 5.82 Å². The number of thiophene rings is 1. The summed E-state index contributed by atoms with van der Waals surface area (Å²) in [5.41, 5.74) is 7.70. The van der Waals surface area contributed by atoms with Gasteiger partial charge in [-0.1, -0.05) is 0 Å². The molecule has 0 spiro atoms. The van der Waals surface area contributed by atoms with Crippen molar-refractivity contribution < 1.29 is 9.13 Å². The van der Waals surface area contributed by atoms with E-state index in [2.05, 4.69) is 0 Å². The molecule has 0 saturated heterocycles. The molecular formula is C12H13ClFNOS. The fraction of sp³-hybridized carbons (Fsp3) is 0.167. The first-order chi connectivity index (χ1) is 7.72. The number of rotatable bonds is 3. The third-order valence-corrected chi connectivity index (χ3v) is 3.13. The molecule has 2 nitrogen and oxygen atoms in total. The Kier molecular flexibility index (Phi) is 4.93. The van der Waals surface area contributed by atoms with E-state index < -0.39 is 0 Å². The first-order valence-electron chi connectivity index (χ1n) is 4.83. The summed E-state index contributed by atoms with van der Waals surface area (Å²) in [5.74, 6) is 0.307. The summed E-state index contributed by atoms with van der Waals surface area (Å²) in [5, 5.41) is 3.90. The van der Waals surface area contributed by atoms with Crippen LogP contribution in [0.3, 0.4) is 0 Å². The van der Waals surface area contributed by atoms with Crippen molar-refractivity contribution in [1.82, 2.24) is 0 Å². The van der Waals surface area contributed by atoms with Gasteiger partial charge in [0.15, 0.2) is 0 Å². The lowest BCUT2D eigenvalue weighted by molar-refractivity contribution is 0.406. The average molecular weight is 274 g/mol. The Labute approximate surface area is 110 Å². The van der Waals surface area contributed by atoms with Crippen molar-refractivity contribution in [2.24, 2.45) is 5.73 Å². The normalized spacial score (nSPS) is 11.7. The minimum Gasteiger partial charge on any atom is -0.496 e. The third-order valence-electron chi connectivity index (χ3n) is 2.43. The van der Waals surface area contributed by atoms with Crippen LogP contribution in [0.1, 0.15) is 17.2 Å². The van der Waals surface area contributed by atoms with E-state index in [4.69, 9.17) is 10.5 Å². The van der Waals surface area contributed by atoms with E-state index in [0.717, 1.165) is 5.56 Å². The molecule has 2 aromatic rings. The summed E-state index contributed by atoms with van der Waals surface area (Å²) in [6.45, 7) is 0. The Balaban J connectivity index is 0.00000144. The molecule has 17 heavy (non-hydrogen) atoms. The summed E-state index contributed by atoms with van der Waals surface area (Å²) in [6.07, 6.45) is 0. The molecule has 1 heterocycles. The third kappa shape index (κ3) is 2.97. The molecule has 0 bridgehead atoms. The van der Waals surface area contributed by atoms with Crippen molar-refractivity contribution in [3.63, 3.8) is 0 Å². The number of benzene rings is 1. The lowest BCUT2D eigenvalue weighted by Gasteiger charge is -2.14. The second-order valence-electron chi connectivity index (χ2n) is 3.42. The van der Waals surface area contributed by atoms with Crippen molar-refractivity contribution in [2.75, 3.05) is 7.11 Å². The zero-order chi connectivity index (χ0) is 11.5. The van der Waals surface area contributed by atoms with E-state index in [0.29, 0.717) is 11.3 Å². The zero-order valence-electron chi connectivity index (χ0n) is 9.22. The van der Waals surface area contributed by atoms with Gasteiger partial charge in [0, 0.05) is 5.56 Å². The molecule has 0 aliphatic carbocycles. The van der Waals surface area contributed by atoms with Gasteiger partial charge in [0.05, 0.1) is 13.2 Å². The number of hydrogen-bond acceptors (Lipinski definition) is 3. The lowest BCUT2D eigenvalue weighted by Crippen LogP contribution is -2.12. The van der Waals surface area contributed by atoms with E-state index in [1.807, 2.05) is 16.8 Å². The molecular weight excluding hydrogens is 261 g/mol. The van der Waals surface area contributed by atoms with Gasteiger partial charge < -0.3 is 10.5 Å². The molecule has 0 radical (unpaired) electrons. The van der Waals surface area contributed by atoms with E-state index in [1.165, 1.54) is 12.1 Å². The van der Waals surface area contributed by atoms with Gasteiger partial charge in [0.1, 0.15) is 11.6 Å². The fourth-order valence-electron chi connectivity index (χ4n) is 1.58. The van der Waals surface area contributed by atoms with E-state index in [-0.39, 0.29) is 24.3 Å². The molecule has 1 atom stereocenters. The molecule has 5 heteroatoms. The standard InChI is InChI=1S/C12H12FNOS.ClH/c1-15-11-3-2-9(13)6-10(11)12(14)8-4-5-16-7-8;/h2-7,12H,14H2,1H3;1H/t12-;/m1./s1. The fourth-order valence-corrected chi connectivity index (χ4v) is 2.28. The molecule has 2 N–H and O–H groups in total. The van der Waals surface area contributed by atoms with Crippen LogP contribution in [-0.2, 0) is 0 Å². The van der Waals surface area contributed by atoms with Gasteiger partial charge in [0.2, 0.25) is 0 Å². The highest BCUT2D eigenvalue weighted by atomic mass is 35.5. The number of methoxy groups -OCH3 is 1. The van der Waals surface area contributed by atoms with Crippen molar-refractivity contribution >= 4 is 23.7 Å². The van der Waals surface area contributed by atoms with E-state index in [9.17, 15) is 4.39 Å². The zero-order valence-corrected chi connectivity index (χ0v) is 10.9. The van der Waals surface area contributed by atoms with Gasteiger partial charge in [-0.15, -0.1) is 12.4 Å². The van der Waals surface area contributed by atoms with Gasteiger partial charge in [-0.25, -0.2) is 4.39 Å². The number of ether oxygens (including phenoxy) is 1. The summed E-state index contributed by atoms with van der Waals surface area (Å²) in [7, 11) is 1.55. The number of hydrogen-bond donors (Lipinski definition) is 1. The minimum atomic E-state index is -0.350. The Morgan fingerprint density at radius 3 is 2.71 bits per heavy atom. The maximum atomic E-state index is 13.2. The van der Waals surface area contributed by atoms with Crippen molar-refractivity contribution in [3.05, 3.63) is 52.0 Å². The highest BCUT2D eigenvalue weighted by molar-refractivity contribution is 7.08. The van der Waals surface area contributed by atoms with E-state index >= 15 is 0 Å². The molecule has 2 rings (SSSR count). The van der Waals surface area contributed by atoms with Crippen molar-refractivity contribution in [1.29, 1.82) is 0 Å². The summed E-state index contributed by atoms with van der Waals surface area (Å²) in [4.78, 5) is 0. The predicted octanol–water partition coefficient (Wildman–Crippen LogP) is 3.37. The molecule has 0 amide bonds. The maximum absolute atomic E-state index is 13.2. The first kappa shape index (κ1) is 14.0. The molecule has 1 aromatic carbocycles. The first-order valence-corrected chi connectivity index (χ1v) is 5.77. The molecule has 0 aliphatic rings. The molecule has 0 unspecified atom stereocenters. The lowest BCUT2D eigenvalue weighted by atomic mass is 10.0. The highest BCUT2D eigenvalue weighted by Crippen LogP contribution is 2.29. The van der Waals surface area contributed by atoms with Crippen LogP contribution in [0.5, 0.6) is 5.75 Å². The van der Waals surface area contributed by atoms with Gasteiger partial charge in [0.25, 0.3) is 0 Å². The Morgan fingerprint density at radius 1 is 1.35 bits per heavy atom. The van der Waals surface area contributed by atoms with Crippen LogP contribution in [0.15, 0.2) is 35.0 Å². The quantitative estimate of drug-likeness (QED) is 0.931. The number of halogens is 2.